The number of nitrogens with zero attached hydrogens (tertiary/aromatic N) is 4. The Hall–Kier alpha value is -3.48. The number of carbonyl (C=O) groups is 1. The number of urea groups is 1. The van der Waals surface area contributed by atoms with E-state index in [2.05, 4.69) is 15.4 Å². The number of benzene rings is 1. The van der Waals surface area contributed by atoms with Gasteiger partial charge in [0.2, 0.25) is 0 Å². The van der Waals surface area contributed by atoms with Gasteiger partial charge in [-0.15, -0.1) is 0 Å². The number of hydrogen-bond donors (Lipinski definition) is 1. The minimum absolute atomic E-state index is 0.0000526. The third-order valence-corrected chi connectivity index (χ3v) is 6.97. The highest BCUT2D eigenvalue weighted by Gasteiger charge is 2.49. The van der Waals surface area contributed by atoms with Gasteiger partial charge in [-0.2, -0.15) is 18.3 Å². The fourth-order valence-electron chi connectivity index (χ4n) is 4.22. The Morgan fingerprint density at radius 2 is 1.92 bits per heavy atom. The van der Waals surface area contributed by atoms with Gasteiger partial charge in [0.25, 0.3) is 0 Å². The van der Waals surface area contributed by atoms with E-state index < -0.39 is 39.9 Å². The predicted molar refractivity (Wildman–Crippen MR) is 123 cm³/mol. The van der Waals surface area contributed by atoms with E-state index in [0.29, 0.717) is 21.8 Å². The molecule has 0 saturated heterocycles. The molecule has 4 rings (SSSR count). The van der Waals surface area contributed by atoms with Crippen molar-refractivity contribution in [3.8, 4) is 5.69 Å². The summed E-state index contributed by atoms with van der Waals surface area (Å²) in [5.74, 6) is -0.473. The largest absolute Gasteiger partial charge is 0.409 e. The maximum absolute atomic E-state index is 14.0. The summed E-state index contributed by atoms with van der Waals surface area (Å²) in [6.45, 7) is 1.71. The highest BCUT2D eigenvalue weighted by Crippen LogP contribution is 2.39. The van der Waals surface area contributed by atoms with Crippen molar-refractivity contribution in [3.05, 3.63) is 65.9 Å². The molecule has 8 nitrogen and oxygen atoms in total. The fourth-order valence-corrected chi connectivity index (χ4v) is 4.82. The van der Waals surface area contributed by atoms with Gasteiger partial charge in [-0.3, -0.25) is 4.90 Å². The van der Waals surface area contributed by atoms with E-state index in [9.17, 15) is 30.8 Å². The maximum Gasteiger partial charge on any atom is 0.409 e. The zero-order valence-electron chi connectivity index (χ0n) is 19.3. The van der Waals surface area contributed by atoms with E-state index in [4.69, 9.17) is 0 Å². The van der Waals surface area contributed by atoms with E-state index in [1.54, 1.807) is 6.92 Å². The lowest BCUT2D eigenvalue weighted by molar-refractivity contribution is -0.149. The molecular weight excluding hydrogens is 502 g/mol. The van der Waals surface area contributed by atoms with Crippen molar-refractivity contribution in [2.75, 3.05) is 11.2 Å². The van der Waals surface area contributed by atoms with E-state index in [1.807, 2.05) is 0 Å². The second kappa shape index (κ2) is 9.52. The summed E-state index contributed by atoms with van der Waals surface area (Å²) in [6, 6.07) is 4.24. The molecule has 3 aromatic rings. The van der Waals surface area contributed by atoms with Crippen molar-refractivity contribution in [2.24, 2.45) is 0 Å². The summed E-state index contributed by atoms with van der Waals surface area (Å²) in [6.07, 6.45) is -1.36. The molecule has 1 aliphatic heterocycles. The summed E-state index contributed by atoms with van der Waals surface area (Å²) in [4.78, 5) is 17.8. The van der Waals surface area contributed by atoms with Crippen molar-refractivity contribution < 1.29 is 30.8 Å². The Morgan fingerprint density at radius 3 is 2.53 bits per heavy atom. The third-order valence-electron chi connectivity index (χ3n) is 5.99. The number of aromatic nitrogens is 3. The molecule has 0 aliphatic carbocycles. The Morgan fingerprint density at radius 1 is 1.22 bits per heavy atom. The molecule has 2 amide bonds. The zero-order chi connectivity index (χ0) is 26.3. The number of alkyl halides is 3. The van der Waals surface area contributed by atoms with Crippen molar-refractivity contribution in [1.82, 2.24) is 20.1 Å². The molecule has 0 spiro atoms. The zero-order valence-corrected chi connectivity index (χ0v) is 20.1. The Balaban J connectivity index is 1.70. The maximum atomic E-state index is 14.0. The summed E-state index contributed by atoms with van der Waals surface area (Å²) in [5, 5.41) is 6.58. The molecule has 1 aliphatic rings. The molecular formula is C23H23F4N5O3S. The van der Waals surface area contributed by atoms with Gasteiger partial charge in [0, 0.05) is 12.5 Å². The van der Waals surface area contributed by atoms with Crippen LogP contribution in [-0.2, 0) is 16.3 Å². The van der Waals surface area contributed by atoms with Crippen LogP contribution in [0.4, 0.5) is 28.0 Å². The van der Waals surface area contributed by atoms with Crippen LogP contribution in [0.3, 0.4) is 0 Å². The summed E-state index contributed by atoms with van der Waals surface area (Å²) >= 11 is 0. The summed E-state index contributed by atoms with van der Waals surface area (Å²) in [5.41, 5.74) is 1.21. The van der Waals surface area contributed by atoms with Crippen LogP contribution in [0.1, 0.15) is 37.1 Å². The van der Waals surface area contributed by atoms with Crippen LogP contribution in [0, 0.1) is 5.82 Å². The number of amides is 2. The first-order valence-corrected chi connectivity index (χ1v) is 12.9. The number of fused-ring (bicyclic) bond motifs is 1. The normalized spacial score (nSPS) is 16.9. The van der Waals surface area contributed by atoms with Crippen LogP contribution in [0.2, 0.25) is 0 Å². The van der Waals surface area contributed by atoms with Gasteiger partial charge in [-0.1, -0.05) is 6.92 Å². The van der Waals surface area contributed by atoms with Gasteiger partial charge in [-0.25, -0.2) is 27.3 Å². The molecule has 1 N–H and O–H groups in total. The number of rotatable bonds is 5. The quantitative estimate of drug-likeness (QED) is 0.500. The lowest BCUT2D eigenvalue weighted by Crippen LogP contribution is -2.55. The number of hydrogen-bond acceptors (Lipinski definition) is 5. The molecule has 2 aromatic heterocycles. The topological polar surface area (TPSA) is 97.2 Å². The number of nitrogens with one attached hydrogen (secondary N) is 1. The molecule has 192 valence electrons. The minimum atomic E-state index is -4.70. The standard InChI is InChI=1S/C23H23F4N5O3S/c1-3-17(14-10-11-28-21(12-14)36(2,34)35)30-22(33)31-19-13-29-32(16-6-4-15(24)5-7-16)18(19)8-9-20(31)23(25,26)27/h4-7,10-13,17,20H,3,8-9H2,1-2H3,(H,30,33). The Labute approximate surface area is 204 Å². The van der Waals surface area contributed by atoms with Crippen LogP contribution in [0.25, 0.3) is 5.69 Å². The van der Waals surface area contributed by atoms with Crippen LogP contribution >= 0.6 is 0 Å². The predicted octanol–water partition coefficient (Wildman–Crippen LogP) is 4.35. The lowest BCUT2D eigenvalue weighted by Gasteiger charge is -2.37. The van der Waals surface area contributed by atoms with Gasteiger partial charge < -0.3 is 5.32 Å². The Kier molecular flexibility index (Phi) is 6.78. The van der Waals surface area contributed by atoms with Crippen molar-refractivity contribution in [2.45, 2.75) is 49.5 Å². The number of anilines is 1. The van der Waals surface area contributed by atoms with Crippen LogP contribution in [0.5, 0.6) is 0 Å². The van der Waals surface area contributed by atoms with Crippen molar-refractivity contribution >= 4 is 21.6 Å². The average Bonchev–Trinajstić information content (AvgIpc) is 3.25. The molecule has 0 bridgehead atoms. The van der Waals surface area contributed by atoms with E-state index >= 15 is 0 Å². The second-order valence-electron chi connectivity index (χ2n) is 8.44. The highest BCUT2D eigenvalue weighted by atomic mass is 32.2. The van der Waals surface area contributed by atoms with Gasteiger partial charge >= 0.3 is 12.2 Å². The molecule has 0 radical (unpaired) electrons. The van der Waals surface area contributed by atoms with Crippen molar-refractivity contribution in [3.63, 3.8) is 0 Å². The molecule has 2 atom stereocenters. The number of pyridine rings is 1. The molecule has 1 aromatic carbocycles. The van der Waals surface area contributed by atoms with E-state index in [0.717, 1.165) is 6.26 Å². The van der Waals surface area contributed by atoms with Gasteiger partial charge in [0.1, 0.15) is 11.9 Å². The van der Waals surface area contributed by atoms with Crippen LogP contribution < -0.4 is 10.2 Å². The molecule has 0 fully saturated rings. The average molecular weight is 526 g/mol. The molecule has 3 heterocycles. The molecule has 36 heavy (non-hydrogen) atoms. The molecule has 0 saturated carbocycles. The fraction of sp³-hybridized carbons (Fsp3) is 0.348. The second-order valence-corrected chi connectivity index (χ2v) is 10.4. The highest BCUT2D eigenvalue weighted by molar-refractivity contribution is 7.90. The van der Waals surface area contributed by atoms with Crippen LogP contribution in [-0.4, -0.2) is 47.7 Å². The van der Waals surface area contributed by atoms with Gasteiger partial charge in [0.05, 0.1) is 29.3 Å². The first kappa shape index (κ1) is 25.6. The molecule has 2 unspecified atom stereocenters. The van der Waals surface area contributed by atoms with Crippen LogP contribution in [0.15, 0.2) is 53.8 Å². The summed E-state index contributed by atoms with van der Waals surface area (Å²) in [7, 11) is -3.63. The van der Waals surface area contributed by atoms with Crippen molar-refractivity contribution in [1.29, 1.82) is 0 Å². The number of sulfone groups is 1. The molecule has 13 heteroatoms. The number of carbonyl (C=O) groups excluding carboxylic acids is 1. The van der Waals surface area contributed by atoms with Gasteiger partial charge in [-0.05, 0) is 61.2 Å². The third kappa shape index (κ3) is 5.06. The van der Waals surface area contributed by atoms with E-state index in [-0.39, 0.29) is 30.0 Å². The Bertz CT molecular complexity index is 1370. The first-order chi connectivity index (χ1) is 16.9. The first-order valence-electron chi connectivity index (χ1n) is 11.1. The van der Waals surface area contributed by atoms with Gasteiger partial charge in [0.15, 0.2) is 14.9 Å². The SMILES string of the molecule is CCC(NC(=O)N1c2cnn(-c3ccc(F)cc3)c2CCC1C(F)(F)F)c1ccnc(S(C)(=O)=O)c1. The smallest absolute Gasteiger partial charge is 0.331 e. The minimum Gasteiger partial charge on any atom is -0.331 e. The monoisotopic (exact) mass is 525 g/mol. The van der Waals surface area contributed by atoms with E-state index in [1.165, 1.54) is 53.5 Å². The lowest BCUT2D eigenvalue weighted by atomic mass is 10.00. The summed E-state index contributed by atoms with van der Waals surface area (Å²) < 4.78 is 80.4. The number of halogens is 4.